The van der Waals surface area contributed by atoms with Gasteiger partial charge < -0.3 is 0 Å². The maximum Gasteiger partial charge on any atom is 0.0224 e. The number of nitrogens with zero attached hydrogens (tertiary/aromatic N) is 1. The van der Waals surface area contributed by atoms with E-state index in [-0.39, 0.29) is 0 Å². The normalized spacial score (nSPS) is 28.5. The molecule has 1 nitrogen and oxygen atoms in total. The van der Waals surface area contributed by atoms with E-state index in [9.17, 15) is 0 Å². The van der Waals surface area contributed by atoms with Gasteiger partial charge in [0.2, 0.25) is 0 Å². The monoisotopic (exact) mass is 163 g/mol. The molecule has 66 valence electrons. The van der Waals surface area contributed by atoms with E-state index in [4.69, 9.17) is 0 Å². The van der Waals surface area contributed by atoms with E-state index in [1.165, 1.54) is 18.4 Å². The highest BCUT2D eigenvalue weighted by Gasteiger charge is 1.96. The molecule has 0 fully saturated rings. The minimum absolute atomic E-state index is 1.08. The van der Waals surface area contributed by atoms with Gasteiger partial charge in [0.15, 0.2) is 0 Å². The van der Waals surface area contributed by atoms with Crippen LogP contribution in [-0.4, -0.2) is 6.21 Å². The highest BCUT2D eigenvalue weighted by molar-refractivity contribution is 5.58. The van der Waals surface area contributed by atoms with Crippen LogP contribution in [0.3, 0.4) is 0 Å². The summed E-state index contributed by atoms with van der Waals surface area (Å²) in [5.74, 6) is 0. The summed E-state index contributed by atoms with van der Waals surface area (Å²) in [7, 11) is 0. The highest BCUT2D eigenvalue weighted by atomic mass is 14.7. The number of aliphatic imine (C=N–C) groups is 1. The van der Waals surface area contributed by atoms with Crippen LogP contribution in [0.4, 0.5) is 0 Å². The van der Waals surface area contributed by atoms with Gasteiger partial charge in [-0.15, -0.1) is 0 Å². The third kappa shape index (κ3) is 3.04. The van der Waals surface area contributed by atoms with Crippen molar-refractivity contribution in [2.45, 2.75) is 39.5 Å². The zero-order chi connectivity index (χ0) is 8.81. The second kappa shape index (κ2) is 4.91. The minimum atomic E-state index is 1.08. The topological polar surface area (TPSA) is 12.4 Å². The SMILES string of the molecule is C/C1=C(/C)CC/C=C\N=CCC1. The van der Waals surface area contributed by atoms with Crippen molar-refractivity contribution in [3.05, 3.63) is 23.4 Å². The number of hydrogen-bond acceptors (Lipinski definition) is 1. The van der Waals surface area contributed by atoms with E-state index in [1.807, 2.05) is 12.4 Å². The van der Waals surface area contributed by atoms with Gasteiger partial charge in [0.1, 0.15) is 0 Å². The van der Waals surface area contributed by atoms with Crippen molar-refractivity contribution in [3.8, 4) is 0 Å². The molecule has 1 aliphatic heterocycles. The van der Waals surface area contributed by atoms with Gasteiger partial charge >= 0.3 is 0 Å². The van der Waals surface area contributed by atoms with Crippen LogP contribution in [-0.2, 0) is 0 Å². The molecule has 0 bridgehead atoms. The van der Waals surface area contributed by atoms with Crippen LogP contribution < -0.4 is 0 Å². The average molecular weight is 163 g/mol. The Morgan fingerprint density at radius 2 is 1.75 bits per heavy atom. The third-order valence-electron chi connectivity index (χ3n) is 2.36. The Morgan fingerprint density at radius 1 is 1.08 bits per heavy atom. The highest BCUT2D eigenvalue weighted by Crippen LogP contribution is 2.15. The van der Waals surface area contributed by atoms with Gasteiger partial charge in [0, 0.05) is 12.4 Å². The zero-order valence-corrected chi connectivity index (χ0v) is 8.01. The fraction of sp³-hybridized carbons (Fsp3) is 0.545. The van der Waals surface area contributed by atoms with E-state index in [0.717, 1.165) is 12.8 Å². The van der Waals surface area contributed by atoms with Crippen LogP contribution in [0.2, 0.25) is 0 Å². The van der Waals surface area contributed by atoms with E-state index in [0.29, 0.717) is 0 Å². The van der Waals surface area contributed by atoms with Crippen molar-refractivity contribution in [1.29, 1.82) is 0 Å². The van der Waals surface area contributed by atoms with E-state index >= 15 is 0 Å². The summed E-state index contributed by atoms with van der Waals surface area (Å²) in [4.78, 5) is 4.16. The van der Waals surface area contributed by atoms with Crippen molar-refractivity contribution in [3.63, 3.8) is 0 Å². The number of allylic oxidation sites excluding steroid dienone is 3. The van der Waals surface area contributed by atoms with Gasteiger partial charge in [0.25, 0.3) is 0 Å². The smallest absolute Gasteiger partial charge is 0.0224 e. The van der Waals surface area contributed by atoms with Gasteiger partial charge in [0.05, 0.1) is 0 Å². The summed E-state index contributed by atoms with van der Waals surface area (Å²) in [6, 6.07) is 0. The van der Waals surface area contributed by atoms with Gasteiger partial charge in [-0.25, -0.2) is 0 Å². The molecule has 0 radical (unpaired) electrons. The molecule has 0 saturated carbocycles. The van der Waals surface area contributed by atoms with Crippen LogP contribution in [0.5, 0.6) is 0 Å². The van der Waals surface area contributed by atoms with E-state index in [2.05, 4.69) is 24.9 Å². The van der Waals surface area contributed by atoms with Gasteiger partial charge in [-0.1, -0.05) is 17.2 Å². The number of hydrogen-bond donors (Lipinski definition) is 0. The Morgan fingerprint density at radius 3 is 2.50 bits per heavy atom. The Kier molecular flexibility index (Phi) is 3.78. The lowest BCUT2D eigenvalue weighted by Gasteiger charge is -2.05. The molecule has 0 saturated heterocycles. The predicted octanol–water partition coefficient (Wildman–Crippen LogP) is 3.48. The lowest BCUT2D eigenvalue weighted by molar-refractivity contribution is 0.903. The van der Waals surface area contributed by atoms with E-state index in [1.54, 1.807) is 5.57 Å². The molecular formula is C11H17N. The first-order valence-electron chi connectivity index (χ1n) is 4.62. The maximum absolute atomic E-state index is 4.16. The first-order chi connectivity index (χ1) is 5.80. The second-order valence-electron chi connectivity index (χ2n) is 3.35. The molecule has 0 amide bonds. The van der Waals surface area contributed by atoms with Crippen molar-refractivity contribution in [2.75, 3.05) is 0 Å². The second-order valence-corrected chi connectivity index (χ2v) is 3.35. The van der Waals surface area contributed by atoms with Crippen molar-refractivity contribution in [2.24, 2.45) is 4.99 Å². The predicted molar refractivity (Wildman–Crippen MR) is 54.5 cm³/mol. The first kappa shape index (κ1) is 9.24. The molecule has 0 aromatic carbocycles. The molecular weight excluding hydrogens is 146 g/mol. The maximum atomic E-state index is 4.16. The molecule has 0 aromatic rings. The minimum Gasteiger partial charge on any atom is -0.269 e. The fourth-order valence-corrected chi connectivity index (χ4v) is 1.28. The van der Waals surface area contributed by atoms with Gasteiger partial charge in [-0.05, 0) is 39.5 Å². The standard InChI is InChI=1S/C11H17N/c1-10-6-3-4-8-12-9-5-7-11(10)2/h4,8-9H,3,5-7H2,1-2H3/b8-4-,11-10+,12-9?. The summed E-state index contributed by atoms with van der Waals surface area (Å²) in [5, 5.41) is 0. The third-order valence-corrected chi connectivity index (χ3v) is 2.36. The molecule has 0 aliphatic carbocycles. The summed E-state index contributed by atoms with van der Waals surface area (Å²) >= 11 is 0. The molecule has 1 heterocycles. The van der Waals surface area contributed by atoms with Crippen LogP contribution in [0, 0.1) is 0 Å². The molecule has 0 unspecified atom stereocenters. The Hall–Kier alpha value is -0.850. The van der Waals surface area contributed by atoms with Gasteiger partial charge in [-0.3, -0.25) is 4.99 Å². The quantitative estimate of drug-likeness (QED) is 0.485. The van der Waals surface area contributed by atoms with Crippen molar-refractivity contribution >= 4 is 6.21 Å². The summed E-state index contributed by atoms with van der Waals surface area (Å²) in [6.07, 6.45) is 10.6. The number of rotatable bonds is 0. The van der Waals surface area contributed by atoms with Crippen LogP contribution in [0.15, 0.2) is 28.4 Å². The molecule has 1 aliphatic rings. The summed E-state index contributed by atoms with van der Waals surface area (Å²) in [6.45, 7) is 4.47. The Labute approximate surface area is 74.9 Å². The molecule has 1 heteroatoms. The van der Waals surface area contributed by atoms with Crippen LogP contribution >= 0.6 is 0 Å². The Balaban J connectivity index is 2.63. The van der Waals surface area contributed by atoms with Crippen LogP contribution in [0.25, 0.3) is 0 Å². The van der Waals surface area contributed by atoms with Crippen molar-refractivity contribution in [1.82, 2.24) is 0 Å². The van der Waals surface area contributed by atoms with Crippen molar-refractivity contribution < 1.29 is 0 Å². The first-order valence-corrected chi connectivity index (χ1v) is 4.62. The van der Waals surface area contributed by atoms with Crippen LogP contribution in [0.1, 0.15) is 39.5 Å². The lowest BCUT2D eigenvalue weighted by atomic mass is 10.0. The summed E-state index contributed by atoms with van der Waals surface area (Å²) < 4.78 is 0. The zero-order valence-electron chi connectivity index (χ0n) is 8.01. The molecule has 0 N–H and O–H groups in total. The molecule has 0 aromatic heterocycles. The largest absolute Gasteiger partial charge is 0.269 e. The Bertz CT molecular complexity index is 197. The molecule has 0 spiro atoms. The molecule has 1 rings (SSSR count). The lowest BCUT2D eigenvalue weighted by Crippen LogP contribution is -1.87. The summed E-state index contributed by atoms with van der Waals surface area (Å²) in [5.41, 5.74) is 3.09. The molecule has 12 heavy (non-hydrogen) atoms. The fourth-order valence-electron chi connectivity index (χ4n) is 1.28. The average Bonchev–Trinajstić information content (AvgIpc) is 2.08. The molecule has 0 atom stereocenters. The van der Waals surface area contributed by atoms with Gasteiger partial charge in [-0.2, -0.15) is 0 Å². The van der Waals surface area contributed by atoms with E-state index < -0.39 is 0 Å².